The van der Waals surface area contributed by atoms with Gasteiger partial charge in [-0.1, -0.05) is 11.6 Å². The standard InChI is InChI=1S/C11H10ClNO3/c1-15-10-3-6-7(11(14)16-2)5-13-9(6)4-8(10)12/h3-5,13H,1-2H3. The maximum atomic E-state index is 11.5. The van der Waals surface area contributed by atoms with Gasteiger partial charge in [0.1, 0.15) is 5.75 Å². The SMILES string of the molecule is COC(=O)c1c[nH]c2cc(Cl)c(OC)cc12. The van der Waals surface area contributed by atoms with Crippen LogP contribution >= 0.6 is 11.6 Å². The van der Waals surface area contributed by atoms with Crippen LogP contribution in [0.4, 0.5) is 0 Å². The monoisotopic (exact) mass is 239 g/mol. The van der Waals surface area contributed by atoms with Crippen molar-refractivity contribution in [3.63, 3.8) is 0 Å². The number of nitrogens with one attached hydrogen (secondary N) is 1. The Kier molecular flexibility index (Phi) is 2.75. The van der Waals surface area contributed by atoms with E-state index in [2.05, 4.69) is 9.72 Å². The molecule has 0 aliphatic carbocycles. The molecule has 1 aromatic carbocycles. The van der Waals surface area contributed by atoms with Gasteiger partial charge in [-0.2, -0.15) is 0 Å². The van der Waals surface area contributed by atoms with Crippen LogP contribution in [0.15, 0.2) is 18.3 Å². The van der Waals surface area contributed by atoms with E-state index in [0.29, 0.717) is 16.3 Å². The molecule has 0 radical (unpaired) electrons. The highest BCUT2D eigenvalue weighted by Gasteiger charge is 2.14. The van der Waals surface area contributed by atoms with Gasteiger partial charge in [-0.25, -0.2) is 4.79 Å². The number of benzene rings is 1. The Balaban J connectivity index is 2.66. The molecule has 0 amide bonds. The third kappa shape index (κ3) is 1.61. The molecule has 0 saturated heterocycles. The molecular weight excluding hydrogens is 230 g/mol. The fourth-order valence-electron chi connectivity index (χ4n) is 1.56. The van der Waals surface area contributed by atoms with Gasteiger partial charge in [-0.15, -0.1) is 0 Å². The van der Waals surface area contributed by atoms with Crippen LogP contribution in [0.2, 0.25) is 5.02 Å². The molecular formula is C11H10ClNO3. The molecule has 1 aromatic heterocycles. The lowest BCUT2D eigenvalue weighted by atomic mass is 10.1. The van der Waals surface area contributed by atoms with E-state index in [0.717, 1.165) is 10.9 Å². The molecule has 0 spiro atoms. The number of carbonyl (C=O) groups is 1. The first kappa shape index (κ1) is 10.8. The molecule has 0 unspecified atom stereocenters. The summed E-state index contributed by atoms with van der Waals surface area (Å²) in [4.78, 5) is 14.4. The first-order valence-electron chi connectivity index (χ1n) is 4.60. The van der Waals surface area contributed by atoms with Crippen molar-refractivity contribution in [1.82, 2.24) is 4.98 Å². The first-order chi connectivity index (χ1) is 7.67. The number of aromatic nitrogens is 1. The summed E-state index contributed by atoms with van der Waals surface area (Å²) < 4.78 is 9.77. The third-order valence-electron chi connectivity index (χ3n) is 2.36. The Bertz CT molecular complexity index is 547. The van der Waals surface area contributed by atoms with Crippen LogP contribution in [0.5, 0.6) is 5.75 Å². The predicted molar refractivity (Wildman–Crippen MR) is 61.2 cm³/mol. The average Bonchev–Trinajstić information content (AvgIpc) is 2.69. The van der Waals surface area contributed by atoms with Gasteiger partial charge in [0.2, 0.25) is 0 Å². The fourth-order valence-corrected chi connectivity index (χ4v) is 1.80. The summed E-state index contributed by atoms with van der Waals surface area (Å²) in [6.07, 6.45) is 1.59. The number of halogens is 1. The van der Waals surface area contributed by atoms with E-state index in [9.17, 15) is 4.79 Å². The van der Waals surface area contributed by atoms with Gasteiger partial charge in [0.25, 0.3) is 0 Å². The van der Waals surface area contributed by atoms with E-state index in [4.69, 9.17) is 16.3 Å². The van der Waals surface area contributed by atoms with Crippen molar-refractivity contribution in [2.45, 2.75) is 0 Å². The molecule has 2 aromatic rings. The van der Waals surface area contributed by atoms with E-state index >= 15 is 0 Å². The number of rotatable bonds is 2. The van der Waals surface area contributed by atoms with Crippen molar-refractivity contribution in [1.29, 1.82) is 0 Å². The lowest BCUT2D eigenvalue weighted by molar-refractivity contribution is 0.0603. The molecule has 0 fully saturated rings. The van der Waals surface area contributed by atoms with Crippen molar-refractivity contribution in [2.24, 2.45) is 0 Å². The van der Waals surface area contributed by atoms with Gasteiger partial charge in [-0.3, -0.25) is 0 Å². The Morgan fingerprint density at radius 1 is 1.38 bits per heavy atom. The van der Waals surface area contributed by atoms with Crippen molar-refractivity contribution < 1.29 is 14.3 Å². The van der Waals surface area contributed by atoms with Gasteiger partial charge >= 0.3 is 5.97 Å². The number of carbonyl (C=O) groups excluding carboxylic acids is 1. The Labute approximate surface area is 97.1 Å². The molecule has 0 aliphatic rings. The Morgan fingerprint density at radius 2 is 2.12 bits per heavy atom. The van der Waals surface area contributed by atoms with Gasteiger partial charge in [0.05, 0.1) is 24.8 Å². The van der Waals surface area contributed by atoms with Crippen LogP contribution in [0.3, 0.4) is 0 Å². The summed E-state index contributed by atoms with van der Waals surface area (Å²) in [5, 5.41) is 1.22. The average molecular weight is 240 g/mol. The number of hydrogen-bond donors (Lipinski definition) is 1. The van der Waals surface area contributed by atoms with E-state index in [1.165, 1.54) is 14.2 Å². The predicted octanol–water partition coefficient (Wildman–Crippen LogP) is 2.62. The first-order valence-corrected chi connectivity index (χ1v) is 4.98. The number of H-pyrrole nitrogens is 1. The fraction of sp³-hybridized carbons (Fsp3) is 0.182. The quantitative estimate of drug-likeness (QED) is 0.820. The number of esters is 1. The zero-order valence-electron chi connectivity index (χ0n) is 8.83. The molecule has 84 valence electrons. The normalized spacial score (nSPS) is 10.4. The van der Waals surface area contributed by atoms with E-state index < -0.39 is 5.97 Å². The molecule has 4 nitrogen and oxygen atoms in total. The summed E-state index contributed by atoms with van der Waals surface area (Å²) >= 11 is 5.96. The van der Waals surface area contributed by atoms with Crippen LogP contribution in [0.1, 0.15) is 10.4 Å². The van der Waals surface area contributed by atoms with Gasteiger partial charge < -0.3 is 14.5 Å². The van der Waals surface area contributed by atoms with Crippen molar-refractivity contribution >= 4 is 28.5 Å². The largest absolute Gasteiger partial charge is 0.495 e. The second-order valence-electron chi connectivity index (χ2n) is 3.23. The summed E-state index contributed by atoms with van der Waals surface area (Å²) in [6, 6.07) is 3.42. The maximum absolute atomic E-state index is 11.5. The smallest absolute Gasteiger partial charge is 0.340 e. The van der Waals surface area contributed by atoms with Gasteiger partial charge in [0.15, 0.2) is 0 Å². The van der Waals surface area contributed by atoms with Gasteiger partial charge in [0, 0.05) is 17.1 Å². The van der Waals surface area contributed by atoms with Crippen LogP contribution < -0.4 is 4.74 Å². The van der Waals surface area contributed by atoms with Crippen molar-refractivity contribution in [3.8, 4) is 5.75 Å². The van der Waals surface area contributed by atoms with E-state index in [1.54, 1.807) is 18.3 Å². The van der Waals surface area contributed by atoms with E-state index in [-0.39, 0.29) is 0 Å². The molecule has 0 bridgehead atoms. The topological polar surface area (TPSA) is 51.3 Å². The number of hydrogen-bond acceptors (Lipinski definition) is 3. The van der Waals surface area contributed by atoms with Crippen LogP contribution in [0.25, 0.3) is 10.9 Å². The highest BCUT2D eigenvalue weighted by Crippen LogP contribution is 2.31. The highest BCUT2D eigenvalue weighted by molar-refractivity contribution is 6.33. The zero-order valence-corrected chi connectivity index (χ0v) is 9.59. The van der Waals surface area contributed by atoms with Crippen molar-refractivity contribution in [2.75, 3.05) is 14.2 Å². The zero-order chi connectivity index (χ0) is 11.7. The lowest BCUT2D eigenvalue weighted by Crippen LogP contribution is -1.99. The highest BCUT2D eigenvalue weighted by atomic mass is 35.5. The summed E-state index contributed by atoms with van der Waals surface area (Å²) in [7, 11) is 2.87. The van der Waals surface area contributed by atoms with Crippen LogP contribution in [0, 0.1) is 0 Å². The second kappa shape index (κ2) is 4.06. The molecule has 0 atom stereocenters. The lowest BCUT2D eigenvalue weighted by Gasteiger charge is -2.03. The minimum Gasteiger partial charge on any atom is -0.495 e. The molecule has 16 heavy (non-hydrogen) atoms. The van der Waals surface area contributed by atoms with Gasteiger partial charge in [-0.05, 0) is 12.1 Å². The Hall–Kier alpha value is -1.68. The second-order valence-corrected chi connectivity index (χ2v) is 3.63. The number of methoxy groups -OCH3 is 2. The minimum absolute atomic E-state index is 0.393. The van der Waals surface area contributed by atoms with Crippen LogP contribution in [-0.2, 0) is 4.74 Å². The molecule has 0 aliphatic heterocycles. The molecule has 0 saturated carbocycles. The number of aromatic amines is 1. The molecule has 2 rings (SSSR count). The summed E-state index contributed by atoms with van der Waals surface area (Å²) in [5.74, 6) is 0.134. The number of fused-ring (bicyclic) bond motifs is 1. The third-order valence-corrected chi connectivity index (χ3v) is 2.65. The van der Waals surface area contributed by atoms with Crippen LogP contribution in [-0.4, -0.2) is 25.2 Å². The summed E-state index contributed by atoms with van der Waals surface area (Å²) in [5.41, 5.74) is 1.23. The summed E-state index contributed by atoms with van der Waals surface area (Å²) in [6.45, 7) is 0. The van der Waals surface area contributed by atoms with E-state index in [1.807, 2.05) is 0 Å². The molecule has 1 heterocycles. The van der Waals surface area contributed by atoms with Crippen molar-refractivity contribution in [3.05, 3.63) is 28.9 Å². The molecule has 1 N–H and O–H groups in total. The minimum atomic E-state index is -0.393. The maximum Gasteiger partial charge on any atom is 0.340 e. The Morgan fingerprint density at radius 3 is 2.75 bits per heavy atom. The number of ether oxygens (including phenoxy) is 2. The molecule has 5 heteroatoms.